The van der Waals surface area contributed by atoms with Crippen LogP contribution < -0.4 is 10.1 Å². The summed E-state index contributed by atoms with van der Waals surface area (Å²) in [7, 11) is 1.62. The van der Waals surface area contributed by atoms with Crippen LogP contribution in [0.5, 0.6) is 5.88 Å². The molecule has 0 amide bonds. The lowest BCUT2D eigenvalue weighted by molar-refractivity contribution is -0.0380. The van der Waals surface area contributed by atoms with Crippen LogP contribution in [-0.2, 0) is 4.74 Å². The topological polar surface area (TPSA) is 56.3 Å². The molecule has 5 heteroatoms. The van der Waals surface area contributed by atoms with Crippen LogP contribution in [0.1, 0.15) is 52.8 Å². The Morgan fingerprint density at radius 3 is 2.38 bits per heavy atom. The first-order valence-electron chi connectivity index (χ1n) is 7.65. The van der Waals surface area contributed by atoms with Crippen molar-refractivity contribution < 1.29 is 9.47 Å². The molecular weight excluding hydrogens is 266 g/mol. The number of nitrogens with zero attached hydrogens (tertiary/aromatic N) is 2. The SMILES string of the molecule is CCCNC(c1nccnc1OC)C(OCC)C(C)(C)C. The fourth-order valence-electron chi connectivity index (χ4n) is 2.38. The van der Waals surface area contributed by atoms with Crippen molar-refractivity contribution in [2.45, 2.75) is 53.2 Å². The van der Waals surface area contributed by atoms with E-state index in [2.05, 4.69) is 43.0 Å². The molecule has 0 bridgehead atoms. The number of ether oxygens (including phenoxy) is 2. The molecule has 1 heterocycles. The fourth-order valence-corrected chi connectivity index (χ4v) is 2.38. The van der Waals surface area contributed by atoms with Crippen LogP contribution in [0, 0.1) is 5.41 Å². The van der Waals surface area contributed by atoms with Crippen molar-refractivity contribution in [2.75, 3.05) is 20.3 Å². The Balaban J connectivity index is 3.19. The van der Waals surface area contributed by atoms with E-state index < -0.39 is 0 Å². The summed E-state index contributed by atoms with van der Waals surface area (Å²) in [5.74, 6) is 0.556. The molecular formula is C16H29N3O2. The molecule has 1 aromatic rings. The number of aromatic nitrogens is 2. The molecule has 0 aliphatic carbocycles. The molecule has 5 nitrogen and oxygen atoms in total. The minimum Gasteiger partial charge on any atom is -0.480 e. The Labute approximate surface area is 128 Å². The zero-order valence-electron chi connectivity index (χ0n) is 14.1. The molecule has 0 radical (unpaired) electrons. The molecule has 0 fully saturated rings. The van der Waals surface area contributed by atoms with Gasteiger partial charge in [0.05, 0.1) is 19.3 Å². The van der Waals surface area contributed by atoms with E-state index in [4.69, 9.17) is 9.47 Å². The highest BCUT2D eigenvalue weighted by Crippen LogP contribution is 2.34. The Morgan fingerprint density at radius 1 is 1.19 bits per heavy atom. The van der Waals surface area contributed by atoms with Gasteiger partial charge in [-0.3, -0.25) is 4.98 Å². The standard InChI is InChI=1S/C16H29N3O2/c1-7-9-17-12(14(21-8-2)16(3,4)5)13-15(20-6)19-11-10-18-13/h10-12,14,17H,7-9H2,1-6H3. The highest BCUT2D eigenvalue weighted by atomic mass is 16.5. The summed E-state index contributed by atoms with van der Waals surface area (Å²) in [6.07, 6.45) is 4.37. The van der Waals surface area contributed by atoms with Gasteiger partial charge < -0.3 is 14.8 Å². The molecule has 1 rings (SSSR count). The molecule has 0 spiro atoms. The number of rotatable bonds is 8. The zero-order chi connectivity index (χ0) is 15.9. The van der Waals surface area contributed by atoms with Gasteiger partial charge in [0.25, 0.3) is 0 Å². The Bertz CT molecular complexity index is 418. The van der Waals surface area contributed by atoms with Crippen LogP contribution in [0.3, 0.4) is 0 Å². The normalized spacial score (nSPS) is 14.8. The van der Waals surface area contributed by atoms with Crippen molar-refractivity contribution >= 4 is 0 Å². The Hall–Kier alpha value is -1.20. The van der Waals surface area contributed by atoms with E-state index in [1.54, 1.807) is 19.5 Å². The molecule has 21 heavy (non-hydrogen) atoms. The second-order valence-corrected chi connectivity index (χ2v) is 6.12. The van der Waals surface area contributed by atoms with Crippen molar-refractivity contribution in [3.8, 4) is 5.88 Å². The summed E-state index contributed by atoms with van der Waals surface area (Å²) in [6.45, 7) is 12.2. The van der Waals surface area contributed by atoms with Crippen molar-refractivity contribution in [3.05, 3.63) is 18.1 Å². The smallest absolute Gasteiger partial charge is 0.237 e. The maximum absolute atomic E-state index is 6.03. The zero-order valence-corrected chi connectivity index (χ0v) is 14.1. The number of nitrogens with one attached hydrogen (secondary N) is 1. The van der Waals surface area contributed by atoms with Crippen molar-refractivity contribution in [1.29, 1.82) is 0 Å². The number of methoxy groups -OCH3 is 1. The first kappa shape index (κ1) is 17.9. The summed E-state index contributed by atoms with van der Waals surface area (Å²) in [5.41, 5.74) is 0.783. The quantitative estimate of drug-likeness (QED) is 0.799. The van der Waals surface area contributed by atoms with E-state index >= 15 is 0 Å². The number of hydrogen-bond donors (Lipinski definition) is 1. The summed E-state index contributed by atoms with van der Waals surface area (Å²) >= 11 is 0. The molecule has 1 aromatic heterocycles. The third-order valence-corrected chi connectivity index (χ3v) is 3.30. The summed E-state index contributed by atoms with van der Waals surface area (Å²) in [4.78, 5) is 8.76. The third kappa shape index (κ3) is 4.93. The van der Waals surface area contributed by atoms with Crippen LogP contribution >= 0.6 is 0 Å². The lowest BCUT2D eigenvalue weighted by Gasteiger charge is -2.37. The van der Waals surface area contributed by atoms with E-state index in [-0.39, 0.29) is 17.6 Å². The monoisotopic (exact) mass is 295 g/mol. The predicted molar refractivity (Wildman–Crippen MR) is 84.5 cm³/mol. The third-order valence-electron chi connectivity index (χ3n) is 3.30. The van der Waals surface area contributed by atoms with Crippen molar-refractivity contribution in [3.63, 3.8) is 0 Å². The van der Waals surface area contributed by atoms with Gasteiger partial charge >= 0.3 is 0 Å². The predicted octanol–water partition coefficient (Wildman–Crippen LogP) is 2.98. The Kier molecular flexibility index (Phi) is 7.05. The second-order valence-electron chi connectivity index (χ2n) is 6.12. The lowest BCUT2D eigenvalue weighted by atomic mass is 9.83. The van der Waals surface area contributed by atoms with Crippen LogP contribution in [0.25, 0.3) is 0 Å². The minimum absolute atomic E-state index is 0.0142. The van der Waals surface area contributed by atoms with E-state index in [1.165, 1.54) is 0 Å². The first-order valence-corrected chi connectivity index (χ1v) is 7.65. The van der Waals surface area contributed by atoms with E-state index in [1.807, 2.05) is 6.92 Å². The number of hydrogen-bond acceptors (Lipinski definition) is 5. The highest BCUT2D eigenvalue weighted by Gasteiger charge is 2.36. The maximum atomic E-state index is 6.03. The van der Waals surface area contributed by atoms with Crippen molar-refractivity contribution in [1.82, 2.24) is 15.3 Å². The van der Waals surface area contributed by atoms with Crippen LogP contribution in [-0.4, -0.2) is 36.3 Å². The van der Waals surface area contributed by atoms with E-state index in [0.29, 0.717) is 12.5 Å². The summed E-state index contributed by atoms with van der Waals surface area (Å²) < 4.78 is 11.4. The molecule has 120 valence electrons. The molecule has 0 saturated carbocycles. The summed E-state index contributed by atoms with van der Waals surface area (Å²) in [6, 6.07) is -0.0476. The van der Waals surface area contributed by atoms with E-state index in [9.17, 15) is 0 Å². The van der Waals surface area contributed by atoms with Gasteiger partial charge in [-0.25, -0.2) is 4.98 Å². The van der Waals surface area contributed by atoms with Gasteiger partial charge in [-0.1, -0.05) is 27.7 Å². The largest absolute Gasteiger partial charge is 0.480 e. The van der Waals surface area contributed by atoms with Gasteiger partial charge in [0, 0.05) is 19.0 Å². The lowest BCUT2D eigenvalue weighted by Crippen LogP contribution is -2.43. The average Bonchev–Trinajstić information content (AvgIpc) is 2.45. The van der Waals surface area contributed by atoms with Gasteiger partial charge in [0.2, 0.25) is 5.88 Å². The molecule has 0 aliphatic rings. The maximum Gasteiger partial charge on any atom is 0.237 e. The van der Waals surface area contributed by atoms with Gasteiger partial charge in [-0.05, 0) is 25.3 Å². The molecule has 2 unspecified atom stereocenters. The molecule has 2 atom stereocenters. The molecule has 0 aliphatic heterocycles. The van der Waals surface area contributed by atoms with Crippen molar-refractivity contribution in [2.24, 2.45) is 5.41 Å². The molecule has 0 saturated heterocycles. The summed E-state index contributed by atoms with van der Waals surface area (Å²) in [5, 5.41) is 3.54. The van der Waals surface area contributed by atoms with Crippen LogP contribution in [0.15, 0.2) is 12.4 Å². The highest BCUT2D eigenvalue weighted by molar-refractivity contribution is 5.23. The molecule has 1 N–H and O–H groups in total. The van der Waals surface area contributed by atoms with Gasteiger partial charge in [-0.15, -0.1) is 0 Å². The minimum atomic E-state index is -0.0476. The molecule has 0 aromatic carbocycles. The van der Waals surface area contributed by atoms with Crippen LogP contribution in [0.2, 0.25) is 0 Å². The average molecular weight is 295 g/mol. The van der Waals surface area contributed by atoms with Gasteiger partial charge in [0.15, 0.2) is 0 Å². The first-order chi connectivity index (χ1) is 9.95. The van der Waals surface area contributed by atoms with Crippen LogP contribution in [0.4, 0.5) is 0 Å². The van der Waals surface area contributed by atoms with Gasteiger partial charge in [0.1, 0.15) is 5.69 Å². The van der Waals surface area contributed by atoms with Gasteiger partial charge in [-0.2, -0.15) is 0 Å². The second kappa shape index (κ2) is 8.29. The van der Waals surface area contributed by atoms with E-state index in [0.717, 1.165) is 18.7 Å². The fraction of sp³-hybridized carbons (Fsp3) is 0.750. The Morgan fingerprint density at radius 2 is 1.86 bits per heavy atom.